The van der Waals surface area contributed by atoms with Gasteiger partial charge in [0, 0.05) is 25.2 Å². The monoisotopic (exact) mass is 224 g/mol. The Kier molecular flexibility index (Phi) is 3.18. The predicted octanol–water partition coefficient (Wildman–Crippen LogP) is 1.24. The van der Waals surface area contributed by atoms with E-state index in [1.807, 2.05) is 0 Å². The van der Waals surface area contributed by atoms with E-state index in [4.69, 9.17) is 4.74 Å². The van der Waals surface area contributed by atoms with Crippen molar-refractivity contribution in [2.75, 3.05) is 26.2 Å². The van der Waals surface area contributed by atoms with Gasteiger partial charge >= 0.3 is 0 Å². The SMILES string of the molecule is CC1CCNC1CN1CCOC2CCCC21. The number of fused-ring (bicyclic) bond motifs is 1. The lowest BCUT2D eigenvalue weighted by Gasteiger charge is -2.39. The highest BCUT2D eigenvalue weighted by molar-refractivity contribution is 4.92. The molecule has 1 N–H and O–H groups in total. The molecule has 2 aliphatic heterocycles. The van der Waals surface area contributed by atoms with Gasteiger partial charge in [0.15, 0.2) is 0 Å². The van der Waals surface area contributed by atoms with Gasteiger partial charge in [-0.3, -0.25) is 4.90 Å². The van der Waals surface area contributed by atoms with Crippen LogP contribution in [0.2, 0.25) is 0 Å². The van der Waals surface area contributed by atoms with Crippen LogP contribution in [-0.4, -0.2) is 49.3 Å². The Morgan fingerprint density at radius 2 is 2.25 bits per heavy atom. The second-order valence-corrected chi connectivity index (χ2v) is 5.73. The minimum atomic E-state index is 0.547. The molecule has 3 fully saturated rings. The molecule has 92 valence electrons. The molecule has 0 aromatic heterocycles. The molecule has 0 radical (unpaired) electrons. The van der Waals surface area contributed by atoms with Crippen molar-refractivity contribution >= 4 is 0 Å². The summed E-state index contributed by atoms with van der Waals surface area (Å²) in [6.45, 7) is 6.93. The lowest BCUT2D eigenvalue weighted by molar-refractivity contribution is -0.0586. The first-order valence-corrected chi connectivity index (χ1v) is 6.93. The smallest absolute Gasteiger partial charge is 0.0730 e. The van der Waals surface area contributed by atoms with Crippen molar-refractivity contribution in [3.05, 3.63) is 0 Å². The molecule has 0 aromatic carbocycles. The predicted molar refractivity (Wildman–Crippen MR) is 64.5 cm³/mol. The lowest BCUT2D eigenvalue weighted by atomic mass is 10.0. The molecule has 3 aliphatic rings. The van der Waals surface area contributed by atoms with E-state index in [-0.39, 0.29) is 0 Å². The first kappa shape index (κ1) is 11.0. The third-order valence-electron chi connectivity index (χ3n) is 4.72. The molecule has 0 bridgehead atoms. The maximum absolute atomic E-state index is 5.86. The van der Waals surface area contributed by atoms with Crippen molar-refractivity contribution < 1.29 is 4.74 Å². The van der Waals surface area contributed by atoms with Crippen LogP contribution < -0.4 is 5.32 Å². The fourth-order valence-corrected chi connectivity index (χ4v) is 3.63. The Morgan fingerprint density at radius 1 is 1.31 bits per heavy atom. The molecule has 2 heterocycles. The van der Waals surface area contributed by atoms with Crippen molar-refractivity contribution in [2.24, 2.45) is 5.92 Å². The van der Waals surface area contributed by atoms with Crippen LogP contribution in [0, 0.1) is 5.92 Å². The fraction of sp³-hybridized carbons (Fsp3) is 1.00. The van der Waals surface area contributed by atoms with Gasteiger partial charge in [0.05, 0.1) is 12.7 Å². The Morgan fingerprint density at radius 3 is 3.06 bits per heavy atom. The van der Waals surface area contributed by atoms with E-state index in [0.29, 0.717) is 6.10 Å². The summed E-state index contributed by atoms with van der Waals surface area (Å²) in [4.78, 5) is 2.70. The molecule has 2 saturated heterocycles. The fourth-order valence-electron chi connectivity index (χ4n) is 3.63. The standard InChI is InChI=1S/C13H24N2O/c1-10-5-6-14-11(10)9-15-7-8-16-13-4-2-3-12(13)15/h10-14H,2-9H2,1H3. The summed E-state index contributed by atoms with van der Waals surface area (Å²) in [5, 5.41) is 3.65. The number of nitrogens with one attached hydrogen (secondary N) is 1. The van der Waals surface area contributed by atoms with E-state index in [2.05, 4.69) is 17.1 Å². The number of ether oxygens (including phenoxy) is 1. The number of nitrogens with zero attached hydrogens (tertiary/aromatic N) is 1. The second-order valence-electron chi connectivity index (χ2n) is 5.73. The molecule has 0 amide bonds. The second kappa shape index (κ2) is 4.63. The van der Waals surface area contributed by atoms with Crippen LogP contribution >= 0.6 is 0 Å². The zero-order valence-corrected chi connectivity index (χ0v) is 10.3. The molecule has 16 heavy (non-hydrogen) atoms. The Bertz CT molecular complexity index is 246. The van der Waals surface area contributed by atoms with Crippen LogP contribution in [-0.2, 0) is 4.74 Å². The largest absolute Gasteiger partial charge is 0.375 e. The molecule has 3 nitrogen and oxygen atoms in total. The van der Waals surface area contributed by atoms with Gasteiger partial charge in [-0.05, 0) is 38.1 Å². The molecule has 4 unspecified atom stereocenters. The van der Waals surface area contributed by atoms with E-state index in [0.717, 1.165) is 31.2 Å². The van der Waals surface area contributed by atoms with Crippen LogP contribution in [0.25, 0.3) is 0 Å². The summed E-state index contributed by atoms with van der Waals surface area (Å²) in [6, 6.07) is 1.45. The first-order valence-electron chi connectivity index (χ1n) is 6.93. The molecular weight excluding hydrogens is 200 g/mol. The highest BCUT2D eigenvalue weighted by Gasteiger charge is 2.37. The van der Waals surface area contributed by atoms with Crippen LogP contribution in [0.5, 0.6) is 0 Å². The highest BCUT2D eigenvalue weighted by atomic mass is 16.5. The number of hydrogen-bond donors (Lipinski definition) is 1. The van der Waals surface area contributed by atoms with Crippen molar-refractivity contribution in [1.82, 2.24) is 10.2 Å². The molecule has 1 aliphatic carbocycles. The van der Waals surface area contributed by atoms with Crippen molar-refractivity contribution in [3.63, 3.8) is 0 Å². The lowest BCUT2D eigenvalue weighted by Crippen LogP contribution is -2.52. The average molecular weight is 224 g/mol. The Hall–Kier alpha value is -0.120. The number of morpholine rings is 1. The molecule has 3 heteroatoms. The van der Waals surface area contributed by atoms with Crippen LogP contribution in [0.15, 0.2) is 0 Å². The quantitative estimate of drug-likeness (QED) is 0.764. The summed E-state index contributed by atoms with van der Waals surface area (Å²) < 4.78 is 5.86. The molecule has 0 aromatic rings. The van der Waals surface area contributed by atoms with E-state index < -0.39 is 0 Å². The van der Waals surface area contributed by atoms with Crippen molar-refractivity contribution in [3.8, 4) is 0 Å². The Labute approximate surface area is 98.5 Å². The maximum Gasteiger partial charge on any atom is 0.0730 e. The molecule has 1 saturated carbocycles. The minimum absolute atomic E-state index is 0.547. The van der Waals surface area contributed by atoms with Crippen LogP contribution in [0.3, 0.4) is 0 Å². The summed E-state index contributed by atoms with van der Waals surface area (Å²) in [7, 11) is 0. The first-order chi connectivity index (χ1) is 7.84. The number of hydrogen-bond acceptors (Lipinski definition) is 3. The van der Waals surface area contributed by atoms with Crippen molar-refractivity contribution in [1.29, 1.82) is 0 Å². The van der Waals surface area contributed by atoms with Gasteiger partial charge < -0.3 is 10.1 Å². The zero-order chi connectivity index (χ0) is 11.0. The molecular formula is C13H24N2O. The van der Waals surface area contributed by atoms with E-state index in [9.17, 15) is 0 Å². The van der Waals surface area contributed by atoms with Crippen LogP contribution in [0.1, 0.15) is 32.6 Å². The molecule has 4 atom stereocenters. The average Bonchev–Trinajstić information content (AvgIpc) is 2.89. The molecule has 3 rings (SSSR count). The van der Waals surface area contributed by atoms with Gasteiger partial charge in [0.1, 0.15) is 0 Å². The third-order valence-corrected chi connectivity index (χ3v) is 4.72. The van der Waals surface area contributed by atoms with Gasteiger partial charge in [0.2, 0.25) is 0 Å². The van der Waals surface area contributed by atoms with Gasteiger partial charge in [-0.25, -0.2) is 0 Å². The normalized spacial score (nSPS) is 44.8. The van der Waals surface area contributed by atoms with E-state index >= 15 is 0 Å². The summed E-state index contributed by atoms with van der Waals surface area (Å²) >= 11 is 0. The topological polar surface area (TPSA) is 24.5 Å². The van der Waals surface area contributed by atoms with Gasteiger partial charge in [0.25, 0.3) is 0 Å². The minimum Gasteiger partial charge on any atom is -0.375 e. The Balaban J connectivity index is 1.60. The summed E-state index contributed by atoms with van der Waals surface area (Å²) in [5.74, 6) is 0.850. The number of rotatable bonds is 2. The van der Waals surface area contributed by atoms with Gasteiger partial charge in [-0.2, -0.15) is 0 Å². The van der Waals surface area contributed by atoms with E-state index in [1.165, 1.54) is 38.8 Å². The summed E-state index contributed by atoms with van der Waals surface area (Å²) in [6.07, 6.45) is 5.90. The van der Waals surface area contributed by atoms with E-state index in [1.54, 1.807) is 0 Å². The summed E-state index contributed by atoms with van der Waals surface area (Å²) in [5.41, 5.74) is 0. The third kappa shape index (κ3) is 2.01. The van der Waals surface area contributed by atoms with Gasteiger partial charge in [-0.1, -0.05) is 6.92 Å². The van der Waals surface area contributed by atoms with Gasteiger partial charge in [-0.15, -0.1) is 0 Å². The maximum atomic E-state index is 5.86. The van der Waals surface area contributed by atoms with Crippen molar-refractivity contribution in [2.45, 2.75) is 50.8 Å². The highest BCUT2D eigenvalue weighted by Crippen LogP contribution is 2.30. The molecule has 0 spiro atoms. The van der Waals surface area contributed by atoms with Crippen LogP contribution in [0.4, 0.5) is 0 Å². The zero-order valence-electron chi connectivity index (χ0n) is 10.3.